The van der Waals surface area contributed by atoms with E-state index >= 15 is 0 Å². The van der Waals surface area contributed by atoms with Gasteiger partial charge in [0, 0.05) is 18.4 Å². The normalized spacial score (nSPS) is 20.7. The Balaban J connectivity index is 1.79. The number of amides is 1. The van der Waals surface area contributed by atoms with E-state index in [2.05, 4.69) is 10.4 Å². The molecule has 1 saturated heterocycles. The molecule has 0 bridgehead atoms. The van der Waals surface area contributed by atoms with Gasteiger partial charge in [-0.25, -0.2) is 4.68 Å². The van der Waals surface area contributed by atoms with Crippen LogP contribution in [0, 0.1) is 13.8 Å². The maximum atomic E-state index is 12.5. The van der Waals surface area contributed by atoms with E-state index in [0.29, 0.717) is 18.8 Å². The van der Waals surface area contributed by atoms with Crippen molar-refractivity contribution in [3.05, 3.63) is 47.3 Å². The summed E-state index contributed by atoms with van der Waals surface area (Å²) in [5.41, 5.74) is 3.44. The third-order valence-corrected chi connectivity index (χ3v) is 4.01. The second-order valence-electron chi connectivity index (χ2n) is 5.78. The Morgan fingerprint density at radius 2 is 2.17 bits per heavy atom. The number of nitrogens with zero attached hydrogens (tertiary/aromatic N) is 2. The van der Waals surface area contributed by atoms with E-state index in [-0.39, 0.29) is 18.1 Å². The summed E-state index contributed by atoms with van der Waals surface area (Å²) in [5, 5.41) is 7.43. The number of benzene rings is 1. The lowest BCUT2D eigenvalue weighted by Gasteiger charge is -2.17. The minimum atomic E-state index is -0.133. The lowest BCUT2D eigenvalue weighted by molar-refractivity contribution is 0.0685. The Labute approximate surface area is 135 Å². The molecule has 1 aliphatic heterocycles. The van der Waals surface area contributed by atoms with Crippen molar-refractivity contribution in [3.8, 4) is 5.69 Å². The van der Waals surface area contributed by atoms with Crippen molar-refractivity contribution in [2.45, 2.75) is 26.0 Å². The topological polar surface area (TPSA) is 65.4 Å². The van der Waals surface area contributed by atoms with Gasteiger partial charge in [0.05, 0.1) is 30.6 Å². The number of methoxy groups -OCH3 is 1. The van der Waals surface area contributed by atoms with Crippen LogP contribution in [0.5, 0.6) is 0 Å². The first kappa shape index (κ1) is 15.7. The fraction of sp³-hybridized carbons (Fsp3) is 0.412. The zero-order valence-corrected chi connectivity index (χ0v) is 13.6. The van der Waals surface area contributed by atoms with Gasteiger partial charge in [-0.05, 0) is 38.1 Å². The summed E-state index contributed by atoms with van der Waals surface area (Å²) in [6.45, 7) is 4.92. The summed E-state index contributed by atoms with van der Waals surface area (Å²) in [6.07, 6.45) is -0.0989. The molecule has 3 rings (SSSR count). The lowest BCUT2D eigenvalue weighted by atomic mass is 10.1. The molecule has 0 radical (unpaired) electrons. The molecule has 1 aromatic carbocycles. The maximum Gasteiger partial charge on any atom is 0.251 e. The molecule has 2 atom stereocenters. The van der Waals surface area contributed by atoms with Crippen LogP contribution in [0.15, 0.2) is 30.3 Å². The number of aryl methyl sites for hydroxylation is 2. The van der Waals surface area contributed by atoms with Crippen LogP contribution in [0.3, 0.4) is 0 Å². The molecule has 6 heteroatoms. The van der Waals surface area contributed by atoms with Crippen molar-refractivity contribution in [1.29, 1.82) is 0 Å². The van der Waals surface area contributed by atoms with Gasteiger partial charge in [-0.1, -0.05) is 6.07 Å². The smallest absolute Gasteiger partial charge is 0.251 e. The Hall–Kier alpha value is -2.18. The van der Waals surface area contributed by atoms with Crippen LogP contribution in [0.25, 0.3) is 5.69 Å². The number of ether oxygens (including phenoxy) is 2. The SMILES string of the molecule is CO[C@@H]1COC[C@H]1NC(=O)c1cccc(-n2nc(C)cc2C)c1. The Morgan fingerprint density at radius 1 is 1.35 bits per heavy atom. The highest BCUT2D eigenvalue weighted by Gasteiger charge is 2.29. The predicted octanol–water partition coefficient (Wildman–Crippen LogP) is 1.63. The summed E-state index contributed by atoms with van der Waals surface area (Å²) in [4.78, 5) is 12.5. The van der Waals surface area contributed by atoms with E-state index in [4.69, 9.17) is 9.47 Å². The van der Waals surface area contributed by atoms with Crippen LogP contribution < -0.4 is 5.32 Å². The van der Waals surface area contributed by atoms with Crippen LogP contribution in [-0.2, 0) is 9.47 Å². The highest BCUT2D eigenvalue weighted by atomic mass is 16.5. The van der Waals surface area contributed by atoms with Crippen molar-refractivity contribution >= 4 is 5.91 Å². The molecule has 1 aliphatic rings. The zero-order valence-electron chi connectivity index (χ0n) is 13.6. The van der Waals surface area contributed by atoms with Crippen LogP contribution in [0.4, 0.5) is 0 Å². The molecule has 0 saturated carbocycles. The molecule has 1 fully saturated rings. The molecule has 0 aliphatic carbocycles. The van der Waals surface area contributed by atoms with E-state index < -0.39 is 0 Å². The van der Waals surface area contributed by atoms with E-state index in [1.54, 1.807) is 13.2 Å². The summed E-state index contributed by atoms with van der Waals surface area (Å²) >= 11 is 0. The van der Waals surface area contributed by atoms with Crippen LogP contribution in [0.1, 0.15) is 21.7 Å². The number of carbonyl (C=O) groups is 1. The quantitative estimate of drug-likeness (QED) is 0.931. The van der Waals surface area contributed by atoms with Gasteiger partial charge in [0.2, 0.25) is 0 Å². The molecule has 2 aromatic rings. The minimum Gasteiger partial charge on any atom is -0.377 e. The second kappa shape index (κ2) is 6.52. The van der Waals surface area contributed by atoms with Crippen LogP contribution in [0.2, 0.25) is 0 Å². The first-order valence-electron chi connectivity index (χ1n) is 7.63. The van der Waals surface area contributed by atoms with E-state index in [9.17, 15) is 4.79 Å². The molecule has 2 heterocycles. The largest absolute Gasteiger partial charge is 0.377 e. The van der Waals surface area contributed by atoms with Gasteiger partial charge in [-0.15, -0.1) is 0 Å². The standard InChI is InChI=1S/C17H21N3O3/c1-11-7-12(2)20(19-11)14-6-4-5-13(8-14)17(21)18-15-9-23-10-16(15)22-3/h4-8,15-16H,9-10H2,1-3H3,(H,18,21)/t15-,16-/m1/s1. The maximum absolute atomic E-state index is 12.5. The highest BCUT2D eigenvalue weighted by molar-refractivity contribution is 5.95. The number of hydrogen-bond donors (Lipinski definition) is 1. The first-order chi connectivity index (χ1) is 11.1. The molecular weight excluding hydrogens is 294 g/mol. The van der Waals surface area contributed by atoms with E-state index in [1.807, 2.05) is 42.8 Å². The van der Waals surface area contributed by atoms with Crippen molar-refractivity contribution in [3.63, 3.8) is 0 Å². The Kier molecular flexibility index (Phi) is 4.45. The number of rotatable bonds is 4. The zero-order chi connectivity index (χ0) is 16.4. The summed E-state index contributed by atoms with van der Waals surface area (Å²) in [6, 6.07) is 9.32. The van der Waals surface area contributed by atoms with Gasteiger partial charge in [0.15, 0.2) is 0 Å². The van der Waals surface area contributed by atoms with Crippen molar-refractivity contribution in [2.75, 3.05) is 20.3 Å². The van der Waals surface area contributed by atoms with Gasteiger partial charge in [0.25, 0.3) is 5.91 Å². The van der Waals surface area contributed by atoms with Crippen LogP contribution >= 0.6 is 0 Å². The summed E-state index contributed by atoms with van der Waals surface area (Å²) in [5.74, 6) is -0.133. The van der Waals surface area contributed by atoms with E-state index in [1.165, 1.54) is 0 Å². The molecule has 1 aromatic heterocycles. The number of hydrogen-bond acceptors (Lipinski definition) is 4. The van der Waals surface area contributed by atoms with Crippen molar-refractivity contribution < 1.29 is 14.3 Å². The molecule has 122 valence electrons. The van der Waals surface area contributed by atoms with Gasteiger partial charge in [-0.2, -0.15) is 5.10 Å². The lowest BCUT2D eigenvalue weighted by Crippen LogP contribution is -2.43. The fourth-order valence-corrected chi connectivity index (χ4v) is 2.82. The Bertz CT molecular complexity index is 711. The number of nitrogens with one attached hydrogen (secondary N) is 1. The number of carbonyl (C=O) groups excluding carboxylic acids is 1. The molecule has 1 amide bonds. The Morgan fingerprint density at radius 3 is 2.87 bits per heavy atom. The van der Waals surface area contributed by atoms with Crippen LogP contribution in [-0.4, -0.2) is 48.2 Å². The molecule has 0 spiro atoms. The minimum absolute atomic E-state index is 0.0989. The molecule has 0 unspecified atom stereocenters. The third kappa shape index (κ3) is 3.28. The fourth-order valence-electron chi connectivity index (χ4n) is 2.82. The third-order valence-electron chi connectivity index (χ3n) is 4.01. The van der Waals surface area contributed by atoms with E-state index in [0.717, 1.165) is 17.1 Å². The highest BCUT2D eigenvalue weighted by Crippen LogP contribution is 2.15. The van der Waals surface area contributed by atoms with Gasteiger partial charge in [0.1, 0.15) is 6.10 Å². The molecular formula is C17H21N3O3. The van der Waals surface area contributed by atoms with Crippen molar-refractivity contribution in [1.82, 2.24) is 15.1 Å². The van der Waals surface area contributed by atoms with Gasteiger partial charge < -0.3 is 14.8 Å². The summed E-state index contributed by atoms with van der Waals surface area (Å²) in [7, 11) is 1.63. The molecule has 6 nitrogen and oxygen atoms in total. The monoisotopic (exact) mass is 315 g/mol. The van der Waals surface area contributed by atoms with Gasteiger partial charge >= 0.3 is 0 Å². The summed E-state index contributed by atoms with van der Waals surface area (Å²) < 4.78 is 12.5. The average Bonchev–Trinajstić information content (AvgIpc) is 3.13. The first-order valence-corrected chi connectivity index (χ1v) is 7.63. The number of aromatic nitrogens is 2. The predicted molar refractivity (Wildman–Crippen MR) is 85.9 cm³/mol. The van der Waals surface area contributed by atoms with Gasteiger partial charge in [-0.3, -0.25) is 4.79 Å². The molecule has 23 heavy (non-hydrogen) atoms. The second-order valence-corrected chi connectivity index (χ2v) is 5.78. The average molecular weight is 315 g/mol. The van der Waals surface area contributed by atoms with Crippen molar-refractivity contribution in [2.24, 2.45) is 0 Å². The molecule has 1 N–H and O–H groups in total.